The maximum Gasteiger partial charge on any atom is 0.306 e. The fourth-order valence-corrected chi connectivity index (χ4v) is 7.30. The summed E-state index contributed by atoms with van der Waals surface area (Å²) in [6, 6.07) is 0. The molecule has 0 aromatic rings. The van der Waals surface area contributed by atoms with Crippen LogP contribution in [-0.4, -0.2) is 37.2 Å². The molecule has 0 radical (unpaired) electrons. The fourth-order valence-electron chi connectivity index (χ4n) is 7.30. The van der Waals surface area contributed by atoms with E-state index in [0.29, 0.717) is 19.3 Å². The normalized spacial score (nSPS) is 12.4. The summed E-state index contributed by atoms with van der Waals surface area (Å²) in [5.74, 6) is -0.907. The molecule has 0 amide bonds. The molecule has 1 atom stereocenters. The van der Waals surface area contributed by atoms with Crippen molar-refractivity contribution < 1.29 is 28.6 Å². The van der Waals surface area contributed by atoms with Crippen molar-refractivity contribution in [1.29, 1.82) is 0 Å². The van der Waals surface area contributed by atoms with Gasteiger partial charge in [0.25, 0.3) is 0 Å². The number of hydrogen-bond donors (Lipinski definition) is 0. The molecule has 1 unspecified atom stereocenters. The molecule has 0 aromatic carbocycles. The van der Waals surface area contributed by atoms with Gasteiger partial charge in [0.1, 0.15) is 13.2 Å². The highest BCUT2D eigenvalue weighted by Gasteiger charge is 2.19. The number of ether oxygens (including phenoxy) is 3. The molecule has 0 spiro atoms. The SMILES string of the molecule is CCCCC/C=C\C=C/CCCCCCCCC(=O)OC(COC(=O)CCCCCCC/C=C\CCCCC)COC(=O)CCCCCCC/C=C\CCCCCCCCC. The topological polar surface area (TPSA) is 78.9 Å². The average molecular weight is 855 g/mol. The highest BCUT2D eigenvalue weighted by Crippen LogP contribution is 2.14. The van der Waals surface area contributed by atoms with Crippen LogP contribution in [0.5, 0.6) is 0 Å². The Morgan fingerprint density at radius 1 is 0.328 bits per heavy atom. The lowest BCUT2D eigenvalue weighted by Gasteiger charge is -2.18. The van der Waals surface area contributed by atoms with Gasteiger partial charge < -0.3 is 14.2 Å². The number of unbranched alkanes of at least 4 members (excludes halogenated alkanes) is 29. The van der Waals surface area contributed by atoms with Gasteiger partial charge in [0.05, 0.1) is 0 Å². The Hall–Kier alpha value is -2.63. The van der Waals surface area contributed by atoms with Crippen LogP contribution in [0, 0.1) is 0 Å². The molecular formula is C55H98O6. The number of hydrogen-bond acceptors (Lipinski definition) is 6. The molecule has 354 valence electrons. The molecule has 0 heterocycles. The summed E-state index contributed by atoms with van der Waals surface area (Å²) >= 11 is 0. The molecule has 0 N–H and O–H groups in total. The van der Waals surface area contributed by atoms with Crippen LogP contribution in [0.15, 0.2) is 48.6 Å². The minimum absolute atomic E-state index is 0.0841. The van der Waals surface area contributed by atoms with E-state index in [-0.39, 0.29) is 31.1 Å². The van der Waals surface area contributed by atoms with Gasteiger partial charge in [0.2, 0.25) is 0 Å². The van der Waals surface area contributed by atoms with Crippen LogP contribution in [-0.2, 0) is 28.6 Å². The van der Waals surface area contributed by atoms with Gasteiger partial charge in [-0.05, 0) is 96.3 Å². The van der Waals surface area contributed by atoms with Crippen LogP contribution in [0.25, 0.3) is 0 Å². The molecule has 6 nitrogen and oxygen atoms in total. The molecule has 0 saturated heterocycles. The predicted octanol–water partition coefficient (Wildman–Crippen LogP) is 17.1. The van der Waals surface area contributed by atoms with Crippen molar-refractivity contribution in [2.24, 2.45) is 0 Å². The van der Waals surface area contributed by atoms with Gasteiger partial charge in [-0.2, -0.15) is 0 Å². The minimum Gasteiger partial charge on any atom is -0.462 e. The summed E-state index contributed by atoms with van der Waals surface area (Å²) in [5.41, 5.74) is 0. The summed E-state index contributed by atoms with van der Waals surface area (Å²) in [5, 5.41) is 0. The van der Waals surface area contributed by atoms with Crippen LogP contribution >= 0.6 is 0 Å². The second kappa shape index (κ2) is 50.0. The van der Waals surface area contributed by atoms with E-state index >= 15 is 0 Å². The van der Waals surface area contributed by atoms with Gasteiger partial charge in [-0.1, -0.05) is 198 Å². The van der Waals surface area contributed by atoms with Crippen molar-refractivity contribution in [1.82, 2.24) is 0 Å². The van der Waals surface area contributed by atoms with Gasteiger partial charge in [0.15, 0.2) is 6.10 Å². The third-order valence-corrected chi connectivity index (χ3v) is 11.3. The maximum absolute atomic E-state index is 12.8. The molecular weight excluding hydrogens is 757 g/mol. The zero-order valence-corrected chi connectivity index (χ0v) is 40.4. The first kappa shape index (κ1) is 58.4. The van der Waals surface area contributed by atoms with Gasteiger partial charge >= 0.3 is 17.9 Å². The lowest BCUT2D eigenvalue weighted by atomic mass is 10.1. The molecule has 6 heteroatoms. The molecule has 61 heavy (non-hydrogen) atoms. The van der Waals surface area contributed by atoms with Crippen LogP contribution in [0.2, 0.25) is 0 Å². The van der Waals surface area contributed by atoms with Crippen molar-refractivity contribution in [3.8, 4) is 0 Å². The quantitative estimate of drug-likeness (QED) is 0.0199. The Morgan fingerprint density at radius 3 is 0.951 bits per heavy atom. The predicted molar refractivity (Wildman–Crippen MR) is 261 cm³/mol. The summed E-state index contributed by atoms with van der Waals surface area (Å²) in [6.07, 6.45) is 59.4. The zero-order chi connectivity index (χ0) is 44.4. The van der Waals surface area contributed by atoms with E-state index < -0.39 is 6.10 Å². The van der Waals surface area contributed by atoms with Gasteiger partial charge in [-0.15, -0.1) is 0 Å². The summed E-state index contributed by atoms with van der Waals surface area (Å²) < 4.78 is 16.8. The molecule has 0 saturated carbocycles. The highest BCUT2D eigenvalue weighted by atomic mass is 16.6. The van der Waals surface area contributed by atoms with E-state index in [4.69, 9.17) is 14.2 Å². The Labute approximate surface area is 378 Å². The molecule has 0 aliphatic carbocycles. The van der Waals surface area contributed by atoms with Crippen molar-refractivity contribution in [2.75, 3.05) is 13.2 Å². The second-order valence-corrected chi connectivity index (χ2v) is 17.5. The molecule has 0 fully saturated rings. The minimum atomic E-state index is -0.784. The Morgan fingerprint density at radius 2 is 0.590 bits per heavy atom. The highest BCUT2D eigenvalue weighted by molar-refractivity contribution is 5.71. The van der Waals surface area contributed by atoms with Gasteiger partial charge in [-0.3, -0.25) is 14.4 Å². The smallest absolute Gasteiger partial charge is 0.306 e. The Bertz CT molecular complexity index is 1070. The van der Waals surface area contributed by atoms with Crippen molar-refractivity contribution in [3.05, 3.63) is 48.6 Å². The van der Waals surface area contributed by atoms with E-state index in [9.17, 15) is 14.4 Å². The van der Waals surface area contributed by atoms with Crippen LogP contribution in [0.4, 0.5) is 0 Å². The van der Waals surface area contributed by atoms with E-state index in [1.54, 1.807) is 0 Å². The summed E-state index contributed by atoms with van der Waals surface area (Å²) in [6.45, 7) is 6.57. The second-order valence-electron chi connectivity index (χ2n) is 17.5. The molecule has 0 aliphatic heterocycles. The average Bonchev–Trinajstić information content (AvgIpc) is 3.26. The lowest BCUT2D eigenvalue weighted by molar-refractivity contribution is -0.167. The lowest BCUT2D eigenvalue weighted by Crippen LogP contribution is -2.30. The molecule has 0 rings (SSSR count). The van der Waals surface area contributed by atoms with Crippen molar-refractivity contribution in [2.45, 2.75) is 271 Å². The third kappa shape index (κ3) is 48.3. The van der Waals surface area contributed by atoms with Crippen LogP contribution in [0.3, 0.4) is 0 Å². The number of carbonyl (C=O) groups excluding carboxylic acids is 3. The summed E-state index contributed by atoms with van der Waals surface area (Å²) in [4.78, 5) is 38.0. The maximum atomic E-state index is 12.8. The fraction of sp³-hybridized carbons (Fsp3) is 0.800. The number of esters is 3. The molecule has 0 aliphatic rings. The Kier molecular flexibility index (Phi) is 47.9. The van der Waals surface area contributed by atoms with E-state index in [2.05, 4.69) is 69.4 Å². The van der Waals surface area contributed by atoms with E-state index in [0.717, 1.165) is 83.5 Å². The number of carbonyl (C=O) groups is 3. The number of rotatable bonds is 47. The van der Waals surface area contributed by atoms with Gasteiger partial charge in [-0.25, -0.2) is 0 Å². The van der Waals surface area contributed by atoms with E-state index in [1.165, 1.54) is 141 Å². The largest absolute Gasteiger partial charge is 0.462 e. The zero-order valence-electron chi connectivity index (χ0n) is 40.4. The first-order valence-electron chi connectivity index (χ1n) is 26.2. The molecule has 0 aromatic heterocycles. The van der Waals surface area contributed by atoms with Crippen molar-refractivity contribution >= 4 is 17.9 Å². The third-order valence-electron chi connectivity index (χ3n) is 11.3. The first-order chi connectivity index (χ1) is 30.0. The number of allylic oxidation sites excluding steroid dienone is 8. The monoisotopic (exact) mass is 855 g/mol. The Balaban J connectivity index is 4.40. The first-order valence-corrected chi connectivity index (χ1v) is 26.2. The standard InChI is InChI=1S/C55H98O6/c1-4-7-10-13-16-19-22-25-27-29-30-33-36-39-42-45-48-54(57)60-51-52(50-59-53(56)47-44-41-38-35-32-24-21-18-15-12-9-6-3)61-55(58)49-46-43-40-37-34-31-28-26-23-20-17-14-11-8-5-2/h17-18,20-21,23,26-27,29,52H,4-16,19,22,24-25,28,30-51H2,1-3H3/b20-17-,21-18-,26-23-,29-27-. The van der Waals surface area contributed by atoms with Gasteiger partial charge in [0, 0.05) is 19.3 Å². The van der Waals surface area contributed by atoms with Crippen LogP contribution in [0.1, 0.15) is 265 Å². The van der Waals surface area contributed by atoms with E-state index in [1.807, 2.05) is 0 Å². The van der Waals surface area contributed by atoms with Crippen LogP contribution < -0.4 is 0 Å². The summed E-state index contributed by atoms with van der Waals surface area (Å²) in [7, 11) is 0. The van der Waals surface area contributed by atoms with Crippen molar-refractivity contribution in [3.63, 3.8) is 0 Å². The molecule has 0 bridgehead atoms.